The predicted molar refractivity (Wildman–Crippen MR) is 365 cm³/mol. The largest absolute Gasteiger partial charge is 1.00 e. The number of ether oxygens (including phenoxy) is 17. The second-order valence-corrected chi connectivity index (χ2v) is 25.8. The van der Waals surface area contributed by atoms with Crippen LogP contribution in [0.15, 0.2) is 192 Å². The Morgan fingerprint density at radius 2 is 0.748 bits per heavy atom. The van der Waals surface area contributed by atoms with E-state index in [2.05, 4.69) is 20.1 Å². The minimum absolute atomic E-state index is 0. The van der Waals surface area contributed by atoms with E-state index in [0.717, 1.165) is 18.2 Å². The number of benzene rings is 6. The summed E-state index contributed by atoms with van der Waals surface area (Å²) in [5.41, 5.74) is 24.7. The summed E-state index contributed by atoms with van der Waals surface area (Å²) in [6.07, 6.45) is -36.0. The monoisotopic (exact) mass is 1490 g/mol. The summed E-state index contributed by atoms with van der Waals surface area (Å²) in [5.74, 6) is -3.59. The van der Waals surface area contributed by atoms with E-state index in [0.29, 0.717) is 22.3 Å². The van der Waals surface area contributed by atoms with Crippen molar-refractivity contribution in [1.29, 1.82) is 0 Å². The van der Waals surface area contributed by atoms with Gasteiger partial charge in [0, 0.05) is 22.9 Å². The molecule has 10 unspecified atom stereocenters. The van der Waals surface area contributed by atoms with Gasteiger partial charge < -0.3 is 116 Å². The van der Waals surface area contributed by atoms with Crippen LogP contribution in [0, 0.1) is 5.92 Å². The van der Waals surface area contributed by atoms with Crippen molar-refractivity contribution in [3.05, 3.63) is 236 Å². The fourth-order valence-corrected chi connectivity index (χ4v) is 13.5. The maximum absolute atomic E-state index is 14.3. The average Bonchev–Trinajstić information content (AvgIpc) is 0.765. The summed E-state index contributed by atoms with van der Waals surface area (Å²) in [7, 11) is 2.49. The van der Waals surface area contributed by atoms with Crippen molar-refractivity contribution in [3.8, 4) is 0 Å². The first kappa shape index (κ1) is 82.5. The summed E-state index contributed by atoms with van der Waals surface area (Å²) in [4.78, 5) is 34.5. The molecule has 6 aromatic carbocycles. The Bertz CT molecular complexity index is 3750. The quantitative estimate of drug-likeness (QED) is 0.0127. The molecule has 0 aliphatic carbocycles. The van der Waals surface area contributed by atoms with Crippen LogP contribution in [-0.2, 0) is 130 Å². The molecule has 0 aromatic heterocycles. The van der Waals surface area contributed by atoms with Crippen LogP contribution in [0.4, 0.5) is 0 Å². The third kappa shape index (κ3) is 20.9. The number of hydrogen-bond acceptors (Lipinski definition) is 27. The number of hydrogen-bond donors (Lipinski definition) is 5. The zero-order valence-electron chi connectivity index (χ0n) is 59.2. The number of methoxy groups -OCH3 is 2. The van der Waals surface area contributed by atoms with Gasteiger partial charge in [-0.15, -0.1) is 0 Å². The molecule has 5 aliphatic rings. The van der Waals surface area contributed by atoms with Crippen LogP contribution in [0.2, 0.25) is 0 Å². The first-order valence-corrected chi connectivity index (χ1v) is 34.7. The van der Waals surface area contributed by atoms with Crippen molar-refractivity contribution in [2.45, 2.75) is 194 Å². The molecule has 5 heterocycles. The number of aliphatic carboxylic acids is 1. The van der Waals surface area contributed by atoms with Crippen LogP contribution in [0.1, 0.15) is 40.3 Å². The van der Waals surface area contributed by atoms with Crippen LogP contribution in [0.5, 0.6) is 0 Å². The zero-order valence-corrected chi connectivity index (χ0v) is 61.2. The SMILES string of the molecule is COC(=O)C1O[C@@H](O[C@@H]2C(CO)O[C@H](OC)C(C)[C@@H]2OCc2ccccc2)C(O)[C@@H](OCc2ccccc2)[C@H]1O[C@@H]1OC(CO)[C@@H](O[C@@H]2OC(C(=O)[O-])[C@@H](O[C@H]3OC(CO)[C@@H](OCc4ccccc4)[C@@H](OCc4ccccc4)C3N=[N+]=[N-])[C@@H](OCc3ccccc3)C2OCc2ccccc2)[C@H](O)C1N=[N+]=[N-].[Na+]. The van der Waals surface area contributed by atoms with E-state index in [9.17, 15) is 51.3 Å². The van der Waals surface area contributed by atoms with Crippen LogP contribution in [0.3, 0.4) is 0 Å². The molecule has 5 N–H and O–H groups in total. The van der Waals surface area contributed by atoms with Gasteiger partial charge in [-0.3, -0.25) is 0 Å². The van der Waals surface area contributed by atoms with Crippen molar-refractivity contribution in [3.63, 3.8) is 0 Å². The molecule has 11 rings (SSSR count). The number of carbonyl (C=O) groups excluding carboxylic acids is 2. The van der Waals surface area contributed by atoms with Crippen LogP contribution < -0.4 is 34.7 Å². The maximum atomic E-state index is 14.3. The van der Waals surface area contributed by atoms with Gasteiger partial charge in [-0.05, 0) is 44.4 Å². The summed E-state index contributed by atoms with van der Waals surface area (Å²) < 4.78 is 109. The number of carbonyl (C=O) groups is 2. The molecule has 5 aliphatic heterocycles. The molecule has 32 heteroatoms. The molecule has 0 spiro atoms. The number of carboxylic acid groups (broad SMARTS) is 1. The fraction of sp³-hybridized carbons (Fsp3) is 0.493. The van der Waals surface area contributed by atoms with Gasteiger partial charge in [0.25, 0.3) is 0 Å². The molecule has 0 radical (unpaired) electrons. The topological polar surface area (TPSA) is 413 Å². The average molecular weight is 1500 g/mol. The Morgan fingerprint density at radius 1 is 0.402 bits per heavy atom. The second-order valence-electron chi connectivity index (χ2n) is 25.8. The van der Waals surface area contributed by atoms with E-state index in [1.807, 2.05) is 78.9 Å². The van der Waals surface area contributed by atoms with Crippen LogP contribution in [-0.4, -0.2) is 219 Å². The van der Waals surface area contributed by atoms with E-state index in [1.54, 1.807) is 110 Å². The third-order valence-corrected chi connectivity index (χ3v) is 18.9. The molecular formula is C75H87N6NaO25. The number of rotatable bonds is 34. The number of esters is 1. The Hall–Kier alpha value is -6.96. The molecule has 0 amide bonds. The Labute approximate surface area is 639 Å². The van der Waals surface area contributed by atoms with E-state index in [-0.39, 0.29) is 69.2 Å². The van der Waals surface area contributed by atoms with E-state index in [4.69, 9.17) is 80.5 Å². The van der Waals surface area contributed by atoms with Crippen molar-refractivity contribution in [2.24, 2.45) is 16.1 Å². The van der Waals surface area contributed by atoms with Gasteiger partial charge in [-0.25, -0.2) is 4.79 Å². The zero-order chi connectivity index (χ0) is 74.5. The summed E-state index contributed by atoms with van der Waals surface area (Å²) >= 11 is 0. The Kier molecular flexibility index (Phi) is 31.8. The first-order chi connectivity index (χ1) is 51.8. The van der Waals surface area contributed by atoms with Crippen molar-refractivity contribution in [1.82, 2.24) is 0 Å². The minimum atomic E-state index is -2.26. The van der Waals surface area contributed by atoms with E-state index >= 15 is 0 Å². The number of aliphatic hydroxyl groups excluding tert-OH is 5. The van der Waals surface area contributed by atoms with Gasteiger partial charge in [0.05, 0.1) is 84.7 Å². The molecule has 6 aromatic rings. The molecular weight excluding hydrogens is 1410 g/mol. The summed E-state index contributed by atoms with van der Waals surface area (Å²) in [5, 5.41) is 80.9. The third-order valence-electron chi connectivity index (χ3n) is 18.9. The summed E-state index contributed by atoms with van der Waals surface area (Å²) in [6.45, 7) is -1.33. The van der Waals surface area contributed by atoms with Crippen LogP contribution in [0.25, 0.3) is 20.9 Å². The molecule has 5 saturated heterocycles. The Balaban J connectivity index is 0.0000122. The van der Waals surface area contributed by atoms with Gasteiger partial charge in [-0.2, -0.15) is 0 Å². The Morgan fingerprint density at radius 3 is 1.18 bits per heavy atom. The van der Waals surface area contributed by atoms with Gasteiger partial charge in [0.15, 0.2) is 37.6 Å². The van der Waals surface area contributed by atoms with E-state index < -0.39 is 185 Å². The van der Waals surface area contributed by atoms with E-state index in [1.165, 1.54) is 7.11 Å². The molecule has 0 bridgehead atoms. The van der Waals surface area contributed by atoms with Gasteiger partial charge in [0.1, 0.15) is 97.5 Å². The number of aliphatic hydroxyl groups is 5. The standard InChI is InChI=1S/C75H88N6O25.Na/c1-43-57(92-37-44-22-10-4-11-23-44)60(52(36-84)98-71(43)91-3)102-74-56(86)62(95-40-47-28-16-7-17-29-47)64(67(106-74)70(89)90-2)103-72-53(78-80-76)55(85)58(50(34-82)99-72)101-75-68(97-42-49-32-20-9-21-33-49)63(96-41-48-30-18-8-19-31-48)65(66(105-75)69(87)88)104-73-54(79-81-77)61(94-39-46-26-14-6-15-27-46)59(51(35-83)100-73)93-38-45-24-12-5-13-25-45;/h4-33,43,50-68,71-75,82-86H,34-42H2,1-3H3,(H,87,88);/q;+1/p-1/t43?,50?,51?,52?,53?,54?,55-,56?,57+,58-,59-,60-,61+,62-,63-,64-,65+,66?,67?,68?,71+,72+,73-,74-,75-;/m1./s1. The molecule has 107 heavy (non-hydrogen) atoms. The number of azide groups is 2. The normalized spacial score (nSPS) is 32.8. The van der Waals surface area contributed by atoms with Crippen molar-refractivity contribution < 1.29 is 150 Å². The molecule has 0 saturated carbocycles. The maximum Gasteiger partial charge on any atom is 1.00 e. The number of nitrogens with zero attached hydrogens (tertiary/aromatic N) is 6. The molecule has 25 atom stereocenters. The van der Waals surface area contributed by atoms with Crippen molar-refractivity contribution >= 4 is 11.9 Å². The van der Waals surface area contributed by atoms with Gasteiger partial charge in [0.2, 0.25) is 0 Å². The smallest absolute Gasteiger partial charge is 0.547 e. The molecule has 568 valence electrons. The predicted octanol–water partition coefficient (Wildman–Crippen LogP) is 1.93. The second kappa shape index (κ2) is 41.2. The minimum Gasteiger partial charge on any atom is -0.547 e. The van der Waals surface area contributed by atoms with Crippen molar-refractivity contribution in [2.75, 3.05) is 34.0 Å². The summed E-state index contributed by atoms with van der Waals surface area (Å²) in [6, 6.07) is 50.2. The first-order valence-electron chi connectivity index (χ1n) is 34.7. The van der Waals surface area contributed by atoms with Crippen LogP contribution >= 0.6 is 0 Å². The molecule has 31 nitrogen and oxygen atoms in total. The van der Waals surface area contributed by atoms with Gasteiger partial charge in [-0.1, -0.05) is 199 Å². The molecule has 5 fully saturated rings. The number of carboxylic acids is 1. The van der Waals surface area contributed by atoms with Gasteiger partial charge >= 0.3 is 35.5 Å². The fourth-order valence-electron chi connectivity index (χ4n) is 13.5.